The van der Waals surface area contributed by atoms with Gasteiger partial charge in [0.25, 0.3) is 0 Å². The maximum Gasteiger partial charge on any atom is 0.191 e. The predicted molar refractivity (Wildman–Crippen MR) is 102 cm³/mol. The van der Waals surface area contributed by atoms with Gasteiger partial charge in [-0.1, -0.05) is 19.8 Å². The van der Waals surface area contributed by atoms with Gasteiger partial charge in [0, 0.05) is 32.0 Å². The van der Waals surface area contributed by atoms with Crippen molar-refractivity contribution in [3.8, 4) is 0 Å². The second-order valence-corrected chi connectivity index (χ2v) is 7.58. The van der Waals surface area contributed by atoms with Gasteiger partial charge in [-0.2, -0.15) is 0 Å². The highest BCUT2D eigenvalue weighted by Gasteiger charge is 2.30. The molecule has 2 fully saturated rings. The Morgan fingerprint density at radius 2 is 2.08 bits per heavy atom. The van der Waals surface area contributed by atoms with Crippen molar-refractivity contribution in [2.75, 3.05) is 26.3 Å². The molecule has 3 rings (SSSR count). The van der Waals surface area contributed by atoms with Crippen LogP contribution in [0.4, 0.5) is 0 Å². The summed E-state index contributed by atoms with van der Waals surface area (Å²) < 4.78 is 16.8. The van der Waals surface area contributed by atoms with E-state index in [1.165, 1.54) is 25.7 Å². The zero-order valence-corrected chi connectivity index (χ0v) is 16.1. The standard InChI is InChI=1S/C20H33N3O3/c1-16-6-3-4-8-18(16)23-19(21-11-9-17-7-5-13-24-17)22-12-10-20(2)25-14-15-26-20/h5,7,13,16,18H,3-4,6,8-12,14-15H2,1-2H3,(H2,21,22,23). The van der Waals surface area contributed by atoms with Gasteiger partial charge in [0.15, 0.2) is 11.7 Å². The van der Waals surface area contributed by atoms with Crippen molar-refractivity contribution < 1.29 is 13.9 Å². The summed E-state index contributed by atoms with van der Waals surface area (Å²) in [7, 11) is 0. The molecule has 2 heterocycles. The molecule has 2 aliphatic rings. The van der Waals surface area contributed by atoms with E-state index in [-0.39, 0.29) is 0 Å². The van der Waals surface area contributed by atoms with E-state index in [1.807, 2.05) is 19.1 Å². The Bertz CT molecular complexity index is 553. The first-order valence-electron chi connectivity index (χ1n) is 10.00. The molecule has 1 saturated carbocycles. The fourth-order valence-corrected chi connectivity index (χ4v) is 3.69. The first kappa shape index (κ1) is 19.2. The molecule has 0 spiro atoms. The predicted octanol–water partition coefficient (Wildman–Crippen LogP) is 3.09. The summed E-state index contributed by atoms with van der Waals surface area (Å²) in [6.45, 7) is 7.14. The third-order valence-corrected chi connectivity index (χ3v) is 5.41. The van der Waals surface area contributed by atoms with Gasteiger partial charge in [0.05, 0.1) is 19.5 Å². The summed E-state index contributed by atoms with van der Waals surface area (Å²) in [5, 5.41) is 7.11. The van der Waals surface area contributed by atoms with E-state index in [0.29, 0.717) is 31.7 Å². The lowest BCUT2D eigenvalue weighted by Crippen LogP contribution is -2.47. The number of nitrogens with one attached hydrogen (secondary N) is 2. The van der Waals surface area contributed by atoms with E-state index in [9.17, 15) is 0 Å². The highest BCUT2D eigenvalue weighted by atomic mass is 16.7. The molecule has 2 atom stereocenters. The van der Waals surface area contributed by atoms with E-state index in [2.05, 4.69) is 17.6 Å². The van der Waals surface area contributed by atoms with Crippen LogP contribution in [-0.2, 0) is 15.9 Å². The van der Waals surface area contributed by atoms with Crippen LogP contribution in [0.2, 0.25) is 0 Å². The third kappa shape index (κ3) is 5.74. The molecule has 1 aromatic heterocycles. The zero-order valence-electron chi connectivity index (χ0n) is 16.1. The van der Waals surface area contributed by atoms with Crippen LogP contribution in [0.1, 0.15) is 51.7 Å². The van der Waals surface area contributed by atoms with Crippen LogP contribution < -0.4 is 10.6 Å². The summed E-state index contributed by atoms with van der Waals surface area (Å²) in [5.41, 5.74) is 0. The average molecular weight is 364 g/mol. The minimum atomic E-state index is -0.485. The van der Waals surface area contributed by atoms with Crippen LogP contribution in [0, 0.1) is 5.92 Å². The molecule has 6 heteroatoms. The van der Waals surface area contributed by atoms with Gasteiger partial charge in [-0.3, -0.25) is 4.99 Å². The van der Waals surface area contributed by atoms with Crippen LogP contribution in [0.25, 0.3) is 0 Å². The number of furan rings is 1. The molecule has 0 aromatic carbocycles. The number of hydrogen-bond donors (Lipinski definition) is 2. The van der Waals surface area contributed by atoms with Crippen LogP contribution in [0.5, 0.6) is 0 Å². The quantitative estimate of drug-likeness (QED) is 0.576. The van der Waals surface area contributed by atoms with Crippen molar-refractivity contribution in [2.24, 2.45) is 10.9 Å². The lowest BCUT2D eigenvalue weighted by atomic mass is 9.86. The van der Waals surface area contributed by atoms with Crippen LogP contribution in [0.3, 0.4) is 0 Å². The van der Waals surface area contributed by atoms with E-state index in [4.69, 9.17) is 18.9 Å². The summed E-state index contributed by atoms with van der Waals surface area (Å²) in [5.74, 6) is 2.07. The molecule has 146 valence electrons. The average Bonchev–Trinajstić information content (AvgIpc) is 3.29. The maximum atomic E-state index is 5.67. The second kappa shape index (κ2) is 9.42. The molecule has 2 unspecified atom stereocenters. The van der Waals surface area contributed by atoms with E-state index >= 15 is 0 Å². The number of ether oxygens (including phenoxy) is 2. The molecule has 0 amide bonds. The van der Waals surface area contributed by atoms with Crippen molar-refractivity contribution in [1.29, 1.82) is 0 Å². The minimum Gasteiger partial charge on any atom is -0.469 e. The Balaban J connectivity index is 1.53. The Kier molecular flexibility index (Phi) is 6.97. The molecular formula is C20H33N3O3. The summed E-state index contributed by atoms with van der Waals surface area (Å²) in [6.07, 6.45) is 8.46. The normalized spacial score (nSPS) is 26.0. The van der Waals surface area contributed by atoms with Gasteiger partial charge in [-0.25, -0.2) is 0 Å². The molecule has 1 aromatic rings. The van der Waals surface area contributed by atoms with Gasteiger partial charge in [-0.05, 0) is 37.8 Å². The van der Waals surface area contributed by atoms with Crippen LogP contribution in [0.15, 0.2) is 27.8 Å². The van der Waals surface area contributed by atoms with Gasteiger partial charge in [0.2, 0.25) is 0 Å². The van der Waals surface area contributed by atoms with Crippen molar-refractivity contribution in [1.82, 2.24) is 10.6 Å². The smallest absolute Gasteiger partial charge is 0.191 e. The van der Waals surface area contributed by atoms with Gasteiger partial charge in [0.1, 0.15) is 5.76 Å². The number of nitrogens with zero attached hydrogens (tertiary/aromatic N) is 1. The van der Waals surface area contributed by atoms with E-state index < -0.39 is 5.79 Å². The van der Waals surface area contributed by atoms with Crippen molar-refractivity contribution in [2.45, 2.75) is 64.2 Å². The maximum absolute atomic E-state index is 5.67. The van der Waals surface area contributed by atoms with Crippen molar-refractivity contribution in [3.63, 3.8) is 0 Å². The second-order valence-electron chi connectivity index (χ2n) is 7.58. The fourth-order valence-electron chi connectivity index (χ4n) is 3.69. The summed E-state index contributed by atoms with van der Waals surface area (Å²) >= 11 is 0. The number of guanidine groups is 1. The number of rotatable bonds is 7. The van der Waals surface area contributed by atoms with Gasteiger partial charge < -0.3 is 24.5 Å². The minimum absolute atomic E-state index is 0.485. The van der Waals surface area contributed by atoms with Crippen LogP contribution in [-0.4, -0.2) is 44.1 Å². The molecule has 0 radical (unpaired) electrons. The molecule has 1 saturated heterocycles. The monoisotopic (exact) mass is 363 g/mol. The van der Waals surface area contributed by atoms with Gasteiger partial charge in [-0.15, -0.1) is 0 Å². The SMILES string of the molecule is CC1CCCCC1NC(=NCCC1(C)OCCO1)NCCc1ccco1. The van der Waals surface area contributed by atoms with Gasteiger partial charge >= 0.3 is 0 Å². The lowest BCUT2D eigenvalue weighted by Gasteiger charge is -2.31. The lowest BCUT2D eigenvalue weighted by molar-refractivity contribution is -0.144. The molecule has 1 aliphatic carbocycles. The molecular weight excluding hydrogens is 330 g/mol. The summed E-state index contributed by atoms with van der Waals surface area (Å²) in [4.78, 5) is 4.78. The van der Waals surface area contributed by atoms with E-state index in [0.717, 1.165) is 31.1 Å². The zero-order chi connectivity index (χ0) is 18.2. The van der Waals surface area contributed by atoms with Crippen LogP contribution >= 0.6 is 0 Å². The molecule has 6 nitrogen and oxygen atoms in total. The number of aliphatic imine (C=N–C) groups is 1. The first-order chi connectivity index (χ1) is 12.6. The topological polar surface area (TPSA) is 68.0 Å². The highest BCUT2D eigenvalue weighted by Crippen LogP contribution is 2.24. The summed E-state index contributed by atoms with van der Waals surface area (Å²) in [6, 6.07) is 4.42. The van der Waals surface area contributed by atoms with Crippen molar-refractivity contribution in [3.05, 3.63) is 24.2 Å². The van der Waals surface area contributed by atoms with E-state index in [1.54, 1.807) is 6.26 Å². The largest absolute Gasteiger partial charge is 0.469 e. The molecule has 26 heavy (non-hydrogen) atoms. The Morgan fingerprint density at radius 1 is 1.27 bits per heavy atom. The first-order valence-corrected chi connectivity index (χ1v) is 10.00. The molecule has 2 N–H and O–H groups in total. The third-order valence-electron chi connectivity index (χ3n) is 5.41. The highest BCUT2D eigenvalue weighted by molar-refractivity contribution is 5.80. The Hall–Kier alpha value is -1.53. The fraction of sp³-hybridized carbons (Fsp3) is 0.750. The molecule has 0 bridgehead atoms. The van der Waals surface area contributed by atoms with Crippen molar-refractivity contribution >= 4 is 5.96 Å². The Morgan fingerprint density at radius 3 is 2.81 bits per heavy atom. The Labute approximate surface area is 156 Å². The number of hydrogen-bond acceptors (Lipinski definition) is 4. The molecule has 1 aliphatic heterocycles.